The number of pyridine rings is 1. The molecule has 0 radical (unpaired) electrons. The first kappa shape index (κ1) is 8.04. The van der Waals surface area contributed by atoms with E-state index in [0.29, 0.717) is 0 Å². The first-order valence-electron chi connectivity index (χ1n) is 5.30. The molecule has 72 valence electrons. The fourth-order valence-electron chi connectivity index (χ4n) is 2.46. The Morgan fingerprint density at radius 1 is 1.29 bits per heavy atom. The molecule has 14 heavy (non-hydrogen) atoms. The zero-order chi connectivity index (χ0) is 9.54. The maximum Gasteiger partial charge on any atom is 0.137 e. The summed E-state index contributed by atoms with van der Waals surface area (Å²) in [5.74, 6) is 0. The van der Waals surface area contributed by atoms with E-state index >= 15 is 0 Å². The molecule has 2 nitrogen and oxygen atoms in total. The van der Waals surface area contributed by atoms with Crippen LogP contribution in [0.15, 0.2) is 12.4 Å². The fourth-order valence-corrected chi connectivity index (χ4v) is 2.46. The van der Waals surface area contributed by atoms with Crippen molar-refractivity contribution in [3.05, 3.63) is 29.1 Å². The Hall–Kier alpha value is -1.31. The Morgan fingerprint density at radius 3 is 3.07 bits per heavy atom. The SMILES string of the molecule is Cc1cnc2[nH]cc3c2c1CCCC3. The summed E-state index contributed by atoms with van der Waals surface area (Å²) >= 11 is 0. The van der Waals surface area contributed by atoms with Gasteiger partial charge in [0, 0.05) is 17.8 Å². The van der Waals surface area contributed by atoms with E-state index in [4.69, 9.17) is 0 Å². The van der Waals surface area contributed by atoms with Crippen LogP contribution in [0, 0.1) is 6.92 Å². The maximum atomic E-state index is 4.43. The maximum absolute atomic E-state index is 4.43. The van der Waals surface area contributed by atoms with Crippen LogP contribution in [-0.4, -0.2) is 9.97 Å². The molecule has 3 rings (SSSR count). The zero-order valence-corrected chi connectivity index (χ0v) is 8.43. The summed E-state index contributed by atoms with van der Waals surface area (Å²) in [6.07, 6.45) is 9.17. The molecule has 0 saturated heterocycles. The topological polar surface area (TPSA) is 28.7 Å². The van der Waals surface area contributed by atoms with Gasteiger partial charge in [0.2, 0.25) is 0 Å². The van der Waals surface area contributed by atoms with Gasteiger partial charge in [0.15, 0.2) is 0 Å². The van der Waals surface area contributed by atoms with Crippen LogP contribution in [0.2, 0.25) is 0 Å². The number of hydrogen-bond acceptors (Lipinski definition) is 1. The Bertz CT molecular complexity index is 482. The molecule has 0 fully saturated rings. The summed E-state index contributed by atoms with van der Waals surface area (Å²) in [5.41, 5.74) is 5.40. The van der Waals surface area contributed by atoms with Gasteiger partial charge in [-0.25, -0.2) is 4.98 Å². The molecule has 2 aromatic heterocycles. The number of nitrogens with zero attached hydrogens (tertiary/aromatic N) is 1. The van der Waals surface area contributed by atoms with Crippen LogP contribution in [0.3, 0.4) is 0 Å². The van der Waals surface area contributed by atoms with Gasteiger partial charge in [-0.1, -0.05) is 0 Å². The second kappa shape index (κ2) is 2.84. The van der Waals surface area contributed by atoms with Crippen LogP contribution >= 0.6 is 0 Å². The van der Waals surface area contributed by atoms with Gasteiger partial charge in [-0.3, -0.25) is 0 Å². The van der Waals surface area contributed by atoms with Crippen molar-refractivity contribution >= 4 is 11.0 Å². The Labute approximate surface area is 83.4 Å². The molecule has 0 saturated carbocycles. The van der Waals surface area contributed by atoms with Crippen LogP contribution in [0.5, 0.6) is 0 Å². The Morgan fingerprint density at radius 2 is 2.14 bits per heavy atom. The lowest BCUT2D eigenvalue weighted by Crippen LogP contribution is -1.91. The van der Waals surface area contributed by atoms with Crippen molar-refractivity contribution in [3.63, 3.8) is 0 Å². The molecule has 0 aliphatic heterocycles. The van der Waals surface area contributed by atoms with Crippen LogP contribution in [-0.2, 0) is 12.8 Å². The van der Waals surface area contributed by atoms with E-state index in [0.717, 1.165) is 5.65 Å². The van der Waals surface area contributed by atoms with E-state index in [1.165, 1.54) is 47.8 Å². The second-order valence-corrected chi connectivity index (χ2v) is 4.16. The lowest BCUT2D eigenvalue weighted by Gasteiger charge is -2.04. The summed E-state index contributed by atoms with van der Waals surface area (Å²) in [4.78, 5) is 7.69. The number of hydrogen-bond donors (Lipinski definition) is 1. The largest absolute Gasteiger partial charge is 0.346 e. The summed E-state index contributed by atoms with van der Waals surface area (Å²) in [5, 5.41) is 1.41. The van der Waals surface area contributed by atoms with Gasteiger partial charge in [-0.05, 0) is 49.3 Å². The molecule has 2 heterocycles. The molecule has 0 unspecified atom stereocenters. The monoisotopic (exact) mass is 186 g/mol. The molecule has 1 aliphatic carbocycles. The van der Waals surface area contributed by atoms with Gasteiger partial charge in [0.25, 0.3) is 0 Å². The van der Waals surface area contributed by atoms with Gasteiger partial charge in [0.1, 0.15) is 5.65 Å². The van der Waals surface area contributed by atoms with Crippen LogP contribution in [0.4, 0.5) is 0 Å². The van der Waals surface area contributed by atoms with Crippen molar-refractivity contribution < 1.29 is 0 Å². The third-order valence-electron chi connectivity index (χ3n) is 3.23. The lowest BCUT2D eigenvalue weighted by molar-refractivity contribution is 0.749. The van der Waals surface area contributed by atoms with E-state index < -0.39 is 0 Å². The number of rotatable bonds is 0. The van der Waals surface area contributed by atoms with E-state index in [9.17, 15) is 0 Å². The van der Waals surface area contributed by atoms with Crippen molar-refractivity contribution in [2.24, 2.45) is 0 Å². The van der Waals surface area contributed by atoms with E-state index in [-0.39, 0.29) is 0 Å². The van der Waals surface area contributed by atoms with Crippen molar-refractivity contribution in [1.82, 2.24) is 9.97 Å². The first-order chi connectivity index (χ1) is 6.86. The highest BCUT2D eigenvalue weighted by Crippen LogP contribution is 2.29. The normalized spacial score (nSPS) is 15.8. The van der Waals surface area contributed by atoms with Gasteiger partial charge < -0.3 is 4.98 Å². The molecule has 1 aliphatic rings. The molecule has 2 heteroatoms. The fraction of sp³-hybridized carbons (Fsp3) is 0.417. The molecule has 0 aromatic carbocycles. The van der Waals surface area contributed by atoms with Crippen LogP contribution in [0.25, 0.3) is 11.0 Å². The molecular formula is C12H14N2. The van der Waals surface area contributed by atoms with Crippen molar-refractivity contribution in [1.29, 1.82) is 0 Å². The molecule has 0 bridgehead atoms. The first-order valence-corrected chi connectivity index (χ1v) is 5.30. The quantitative estimate of drug-likeness (QED) is 0.673. The van der Waals surface area contributed by atoms with Crippen LogP contribution in [0.1, 0.15) is 29.5 Å². The van der Waals surface area contributed by atoms with Crippen molar-refractivity contribution in [3.8, 4) is 0 Å². The highest BCUT2D eigenvalue weighted by Gasteiger charge is 2.14. The summed E-state index contributed by atoms with van der Waals surface area (Å²) in [6, 6.07) is 0. The van der Waals surface area contributed by atoms with E-state index in [1.807, 2.05) is 6.20 Å². The smallest absolute Gasteiger partial charge is 0.137 e. The minimum Gasteiger partial charge on any atom is -0.346 e. The van der Waals surface area contributed by atoms with E-state index in [2.05, 4.69) is 23.1 Å². The highest BCUT2D eigenvalue weighted by atomic mass is 14.8. The third-order valence-corrected chi connectivity index (χ3v) is 3.23. The predicted octanol–water partition coefficient (Wildman–Crippen LogP) is 2.75. The Kier molecular flexibility index (Phi) is 1.63. The Balaban J connectivity index is 2.42. The van der Waals surface area contributed by atoms with Gasteiger partial charge in [0.05, 0.1) is 0 Å². The number of aromatic amines is 1. The standard InChI is InChI=1S/C12H14N2/c1-8-6-13-12-11-9(7-14-12)4-2-3-5-10(8)11/h6-7H,2-5H2,1H3,(H,13,14). The highest BCUT2D eigenvalue weighted by molar-refractivity contribution is 5.84. The predicted molar refractivity (Wildman–Crippen MR) is 57.5 cm³/mol. The summed E-state index contributed by atoms with van der Waals surface area (Å²) in [7, 11) is 0. The average Bonchev–Trinajstić information content (AvgIpc) is 2.46. The lowest BCUT2D eigenvalue weighted by atomic mass is 10.0. The minimum absolute atomic E-state index is 1.07. The van der Waals surface area contributed by atoms with Gasteiger partial charge in [-0.2, -0.15) is 0 Å². The van der Waals surface area contributed by atoms with Gasteiger partial charge in [-0.15, -0.1) is 0 Å². The average molecular weight is 186 g/mol. The van der Waals surface area contributed by atoms with Gasteiger partial charge >= 0.3 is 0 Å². The molecule has 1 N–H and O–H groups in total. The minimum atomic E-state index is 1.07. The van der Waals surface area contributed by atoms with Crippen LogP contribution < -0.4 is 0 Å². The van der Waals surface area contributed by atoms with Crippen molar-refractivity contribution in [2.45, 2.75) is 32.6 Å². The third kappa shape index (κ3) is 0.999. The number of aromatic nitrogens is 2. The zero-order valence-electron chi connectivity index (χ0n) is 8.43. The number of nitrogens with one attached hydrogen (secondary N) is 1. The molecular weight excluding hydrogens is 172 g/mol. The molecule has 0 spiro atoms. The molecule has 0 atom stereocenters. The molecule has 0 amide bonds. The summed E-state index contributed by atoms with van der Waals surface area (Å²) in [6.45, 7) is 2.17. The second-order valence-electron chi connectivity index (χ2n) is 4.16. The number of aryl methyl sites for hydroxylation is 3. The molecule has 2 aromatic rings. The number of H-pyrrole nitrogens is 1. The van der Waals surface area contributed by atoms with E-state index in [1.54, 1.807) is 0 Å². The van der Waals surface area contributed by atoms with Crippen molar-refractivity contribution in [2.75, 3.05) is 0 Å². The summed E-state index contributed by atoms with van der Waals surface area (Å²) < 4.78 is 0.